The second kappa shape index (κ2) is 10.4. The smallest absolute Gasteiger partial charge is 0.274 e. The Kier molecular flexibility index (Phi) is 6.76. The van der Waals surface area contributed by atoms with Crippen molar-refractivity contribution in [1.29, 1.82) is 0 Å². The average molecular weight is 495 g/mol. The maximum Gasteiger partial charge on any atom is 0.274 e. The van der Waals surface area contributed by atoms with Gasteiger partial charge in [-0.3, -0.25) is 14.6 Å². The highest BCUT2D eigenvalue weighted by molar-refractivity contribution is 6.47. The number of carbonyl (C=O) groups excluding carboxylic acids is 2. The quantitative estimate of drug-likeness (QED) is 0.397. The van der Waals surface area contributed by atoms with Crippen LogP contribution in [0.3, 0.4) is 0 Å². The second-order valence-corrected chi connectivity index (χ2v) is 8.84. The Morgan fingerprint density at radius 1 is 1.11 bits per heavy atom. The molecular formula is C28H26N6O3. The van der Waals surface area contributed by atoms with Crippen LogP contribution in [0.1, 0.15) is 28.4 Å². The minimum atomic E-state index is -0.324. The molecule has 4 heterocycles. The summed E-state index contributed by atoms with van der Waals surface area (Å²) < 4.78 is 7.97. The van der Waals surface area contributed by atoms with Crippen LogP contribution >= 0.6 is 0 Å². The summed E-state index contributed by atoms with van der Waals surface area (Å²) in [5.41, 5.74) is 3.39. The van der Waals surface area contributed by atoms with Crippen molar-refractivity contribution in [3.63, 3.8) is 0 Å². The number of carbonyl (C=O) groups is 2. The number of aromatic nitrogens is 3. The van der Waals surface area contributed by atoms with Gasteiger partial charge in [0.05, 0.1) is 0 Å². The van der Waals surface area contributed by atoms with E-state index in [1.807, 2.05) is 48.9 Å². The van der Waals surface area contributed by atoms with Gasteiger partial charge in [0.1, 0.15) is 28.7 Å². The van der Waals surface area contributed by atoms with Crippen molar-refractivity contribution in [3.05, 3.63) is 96.1 Å². The van der Waals surface area contributed by atoms with E-state index >= 15 is 0 Å². The van der Waals surface area contributed by atoms with Gasteiger partial charge in [-0.2, -0.15) is 0 Å². The molecule has 3 aromatic heterocycles. The Bertz CT molecular complexity index is 1540. The number of anilines is 1. The van der Waals surface area contributed by atoms with E-state index in [9.17, 15) is 9.59 Å². The third kappa shape index (κ3) is 5.56. The second-order valence-electron chi connectivity index (χ2n) is 8.84. The van der Waals surface area contributed by atoms with E-state index < -0.39 is 0 Å². The summed E-state index contributed by atoms with van der Waals surface area (Å²) in [4.78, 5) is 38.2. The molecule has 0 spiro atoms. The molecule has 0 radical (unpaired) electrons. The Morgan fingerprint density at radius 3 is 2.84 bits per heavy atom. The van der Waals surface area contributed by atoms with Gasteiger partial charge in [0.15, 0.2) is 0 Å². The number of fused-ring (bicyclic) bond motifs is 1. The minimum absolute atomic E-state index is 0.202. The number of aliphatic imine (C=N–C) groups is 1. The van der Waals surface area contributed by atoms with Gasteiger partial charge in [-0.05, 0) is 48.7 Å². The number of ether oxygens (including phenoxy) is 1. The van der Waals surface area contributed by atoms with Gasteiger partial charge < -0.3 is 19.8 Å². The molecule has 0 saturated heterocycles. The van der Waals surface area contributed by atoms with Crippen molar-refractivity contribution < 1.29 is 14.3 Å². The first-order chi connectivity index (χ1) is 18.0. The number of pyridine rings is 2. The zero-order valence-electron chi connectivity index (χ0n) is 20.5. The first-order valence-corrected chi connectivity index (χ1v) is 11.9. The van der Waals surface area contributed by atoms with E-state index in [1.54, 1.807) is 48.8 Å². The Balaban J connectivity index is 1.25. The van der Waals surface area contributed by atoms with Gasteiger partial charge in [-0.1, -0.05) is 25.1 Å². The predicted molar refractivity (Wildman–Crippen MR) is 141 cm³/mol. The largest absolute Gasteiger partial charge is 0.457 e. The van der Waals surface area contributed by atoms with Gasteiger partial charge in [0.25, 0.3) is 11.8 Å². The molecule has 1 unspecified atom stereocenters. The van der Waals surface area contributed by atoms with Crippen molar-refractivity contribution in [2.45, 2.75) is 20.4 Å². The molecule has 1 aliphatic rings. The fraction of sp³-hybridized carbons (Fsp3) is 0.179. The molecule has 37 heavy (non-hydrogen) atoms. The van der Waals surface area contributed by atoms with Crippen LogP contribution in [0.5, 0.6) is 11.5 Å². The molecule has 4 aromatic rings. The molecule has 5 rings (SSSR count). The summed E-state index contributed by atoms with van der Waals surface area (Å²) in [5, 5.41) is 5.72. The van der Waals surface area contributed by atoms with Gasteiger partial charge in [-0.15, -0.1) is 0 Å². The van der Waals surface area contributed by atoms with Crippen molar-refractivity contribution in [3.8, 4) is 11.5 Å². The molecule has 0 saturated carbocycles. The number of benzene rings is 1. The lowest BCUT2D eigenvalue weighted by Gasteiger charge is -2.14. The summed E-state index contributed by atoms with van der Waals surface area (Å²) in [5.74, 6) is 1.15. The monoisotopic (exact) mass is 494 g/mol. The molecule has 0 aliphatic carbocycles. The summed E-state index contributed by atoms with van der Waals surface area (Å²) in [6.07, 6.45) is 10.8. The molecular weight excluding hydrogens is 468 g/mol. The standard InChI is InChI=1S/C28H26N6O3/c1-18-6-8-23(31-15-18)28(36)33-25-14-21(10-11-29-25)37-24-5-3-4-22(19(24)2)27(35)32-16-20-7-9-26-30-12-13-34(26)17-20/h3-14,17-18H,15-16H2,1-2H3,(H,32,35)(H,29,33,36). The lowest BCUT2D eigenvalue weighted by atomic mass is 10.1. The number of imidazole rings is 1. The Hall–Kier alpha value is -4.79. The lowest BCUT2D eigenvalue weighted by molar-refractivity contribution is -0.110. The van der Waals surface area contributed by atoms with E-state index in [-0.39, 0.29) is 11.8 Å². The molecule has 1 aromatic carbocycles. The fourth-order valence-electron chi connectivity index (χ4n) is 3.93. The molecule has 2 N–H and O–H groups in total. The first kappa shape index (κ1) is 23.9. The SMILES string of the molecule is Cc1c(Oc2ccnc(NC(=O)C3=NCC(C)C=C3)c2)cccc1C(=O)NCc1ccc2nccn2c1. The number of nitrogens with one attached hydrogen (secondary N) is 2. The minimum Gasteiger partial charge on any atom is -0.457 e. The van der Waals surface area contributed by atoms with Crippen LogP contribution in [0, 0.1) is 12.8 Å². The Labute approximate surface area is 213 Å². The Morgan fingerprint density at radius 2 is 2.00 bits per heavy atom. The fourth-order valence-corrected chi connectivity index (χ4v) is 3.93. The van der Waals surface area contributed by atoms with Crippen LogP contribution in [0.15, 0.2) is 84.4 Å². The number of nitrogens with zero attached hydrogens (tertiary/aromatic N) is 4. The number of hydrogen-bond acceptors (Lipinski definition) is 6. The predicted octanol–water partition coefficient (Wildman–Crippen LogP) is 4.35. The van der Waals surface area contributed by atoms with Crippen LogP contribution in [0.25, 0.3) is 5.65 Å². The first-order valence-electron chi connectivity index (χ1n) is 11.9. The molecule has 0 fully saturated rings. The third-order valence-corrected chi connectivity index (χ3v) is 6.00. The van der Waals surface area contributed by atoms with E-state index in [0.717, 1.165) is 11.2 Å². The molecule has 1 aliphatic heterocycles. The molecule has 9 nitrogen and oxygen atoms in total. The van der Waals surface area contributed by atoms with Crippen molar-refractivity contribution in [1.82, 2.24) is 19.7 Å². The summed E-state index contributed by atoms with van der Waals surface area (Å²) in [6, 6.07) is 12.5. The van der Waals surface area contributed by atoms with E-state index in [0.29, 0.717) is 53.2 Å². The van der Waals surface area contributed by atoms with Gasteiger partial charge in [-0.25, -0.2) is 9.97 Å². The summed E-state index contributed by atoms with van der Waals surface area (Å²) in [7, 11) is 0. The summed E-state index contributed by atoms with van der Waals surface area (Å²) >= 11 is 0. The highest BCUT2D eigenvalue weighted by Gasteiger charge is 2.16. The van der Waals surface area contributed by atoms with Crippen LogP contribution in [-0.2, 0) is 11.3 Å². The average Bonchev–Trinajstić information content (AvgIpc) is 3.37. The maximum absolute atomic E-state index is 12.9. The van der Waals surface area contributed by atoms with Crippen LogP contribution < -0.4 is 15.4 Å². The van der Waals surface area contributed by atoms with E-state index in [4.69, 9.17) is 4.74 Å². The number of hydrogen-bond donors (Lipinski definition) is 2. The zero-order valence-corrected chi connectivity index (χ0v) is 20.5. The summed E-state index contributed by atoms with van der Waals surface area (Å²) in [6.45, 7) is 4.84. The van der Waals surface area contributed by atoms with Gasteiger partial charge in [0, 0.05) is 55.1 Å². The molecule has 0 bridgehead atoms. The van der Waals surface area contributed by atoms with Crippen molar-refractivity contribution in [2.75, 3.05) is 11.9 Å². The number of amides is 2. The van der Waals surface area contributed by atoms with Gasteiger partial charge in [0.2, 0.25) is 0 Å². The third-order valence-electron chi connectivity index (χ3n) is 6.00. The van der Waals surface area contributed by atoms with E-state index in [1.165, 1.54) is 0 Å². The van der Waals surface area contributed by atoms with Crippen molar-refractivity contribution in [2.24, 2.45) is 10.9 Å². The highest BCUT2D eigenvalue weighted by Crippen LogP contribution is 2.28. The van der Waals surface area contributed by atoms with Crippen LogP contribution in [0.4, 0.5) is 5.82 Å². The molecule has 186 valence electrons. The lowest BCUT2D eigenvalue weighted by Crippen LogP contribution is -2.24. The maximum atomic E-state index is 12.9. The topological polar surface area (TPSA) is 110 Å². The number of dihydropyridines is 1. The van der Waals surface area contributed by atoms with E-state index in [2.05, 4.69) is 25.6 Å². The van der Waals surface area contributed by atoms with Crippen LogP contribution in [0.2, 0.25) is 0 Å². The normalized spacial score (nSPS) is 14.8. The zero-order chi connectivity index (χ0) is 25.8. The van der Waals surface area contributed by atoms with Crippen molar-refractivity contribution >= 4 is 29.0 Å². The molecule has 2 amide bonds. The van der Waals surface area contributed by atoms with Crippen LogP contribution in [-0.4, -0.2) is 38.4 Å². The van der Waals surface area contributed by atoms with Gasteiger partial charge >= 0.3 is 0 Å². The highest BCUT2D eigenvalue weighted by atomic mass is 16.5. The molecule has 9 heteroatoms. The molecule has 1 atom stereocenters. The number of rotatable bonds is 7.